The molecule has 4 rings (SSSR count). The summed E-state index contributed by atoms with van der Waals surface area (Å²) in [6.07, 6.45) is 5.62. The van der Waals surface area contributed by atoms with Gasteiger partial charge >= 0.3 is 0 Å². The van der Waals surface area contributed by atoms with E-state index in [4.69, 9.17) is 0 Å². The second-order valence-electron chi connectivity index (χ2n) is 7.69. The highest BCUT2D eigenvalue weighted by atomic mass is 16.2. The van der Waals surface area contributed by atoms with E-state index in [1.165, 1.54) is 0 Å². The van der Waals surface area contributed by atoms with Crippen LogP contribution >= 0.6 is 0 Å². The van der Waals surface area contributed by atoms with Crippen molar-refractivity contribution in [3.05, 3.63) is 29.8 Å². The number of anilines is 1. The van der Waals surface area contributed by atoms with E-state index in [0.717, 1.165) is 57.3 Å². The van der Waals surface area contributed by atoms with E-state index in [9.17, 15) is 14.4 Å². The molecule has 3 aliphatic rings. The summed E-state index contributed by atoms with van der Waals surface area (Å²) in [6, 6.07) is 7.13. The molecule has 3 amide bonds. The molecule has 1 heterocycles. The predicted octanol–water partition coefficient (Wildman–Crippen LogP) is 2.17. The predicted molar refractivity (Wildman–Crippen MR) is 97.6 cm³/mol. The lowest BCUT2D eigenvalue weighted by atomic mass is 10.0. The molecule has 2 saturated carbocycles. The zero-order valence-electron chi connectivity index (χ0n) is 14.9. The third kappa shape index (κ3) is 4.06. The summed E-state index contributed by atoms with van der Waals surface area (Å²) in [5.41, 5.74) is 1.32. The van der Waals surface area contributed by atoms with Gasteiger partial charge in [-0.3, -0.25) is 14.4 Å². The lowest BCUT2D eigenvalue weighted by Gasteiger charge is -2.32. The normalized spacial score (nSPS) is 20.5. The van der Waals surface area contributed by atoms with Crippen LogP contribution in [0.5, 0.6) is 0 Å². The summed E-state index contributed by atoms with van der Waals surface area (Å²) in [5.74, 6) is 0.682. The van der Waals surface area contributed by atoms with Gasteiger partial charge in [0.1, 0.15) is 0 Å². The highest BCUT2D eigenvalue weighted by molar-refractivity contribution is 5.97. The molecule has 0 radical (unpaired) electrons. The van der Waals surface area contributed by atoms with Crippen LogP contribution in [-0.4, -0.2) is 41.8 Å². The Kier molecular flexibility index (Phi) is 4.66. The van der Waals surface area contributed by atoms with Crippen molar-refractivity contribution in [3.63, 3.8) is 0 Å². The summed E-state index contributed by atoms with van der Waals surface area (Å²) < 4.78 is 0. The quantitative estimate of drug-likeness (QED) is 0.850. The number of amides is 3. The van der Waals surface area contributed by atoms with Gasteiger partial charge in [0.2, 0.25) is 11.8 Å². The molecule has 1 saturated heterocycles. The van der Waals surface area contributed by atoms with Crippen LogP contribution in [0.2, 0.25) is 0 Å². The minimum Gasteiger partial charge on any atom is -0.349 e. The summed E-state index contributed by atoms with van der Waals surface area (Å²) in [7, 11) is 0. The minimum absolute atomic E-state index is 0.0645. The molecule has 26 heavy (non-hydrogen) atoms. The number of hydrogen-bond donors (Lipinski definition) is 2. The van der Waals surface area contributed by atoms with Crippen molar-refractivity contribution in [2.24, 2.45) is 11.8 Å². The van der Waals surface area contributed by atoms with E-state index in [1.807, 2.05) is 4.90 Å². The molecule has 1 aliphatic heterocycles. The molecule has 6 heteroatoms. The van der Waals surface area contributed by atoms with Crippen molar-refractivity contribution in [1.29, 1.82) is 0 Å². The molecule has 3 fully saturated rings. The summed E-state index contributed by atoms with van der Waals surface area (Å²) in [6.45, 7) is 1.46. The Bertz CT molecular complexity index is 700. The zero-order chi connectivity index (χ0) is 18.1. The average Bonchev–Trinajstić information content (AvgIpc) is 3.55. The van der Waals surface area contributed by atoms with Gasteiger partial charge in [-0.25, -0.2) is 0 Å². The Labute approximate surface area is 153 Å². The Morgan fingerprint density at radius 1 is 0.846 bits per heavy atom. The number of piperidine rings is 1. The number of carbonyl (C=O) groups excluding carboxylic acids is 3. The van der Waals surface area contributed by atoms with E-state index in [-0.39, 0.29) is 29.7 Å². The summed E-state index contributed by atoms with van der Waals surface area (Å²) in [4.78, 5) is 38.2. The second-order valence-corrected chi connectivity index (χ2v) is 7.69. The molecule has 0 spiro atoms. The lowest BCUT2D eigenvalue weighted by Crippen LogP contribution is -2.47. The summed E-state index contributed by atoms with van der Waals surface area (Å²) in [5, 5.41) is 5.94. The maximum absolute atomic E-state index is 12.4. The fourth-order valence-electron chi connectivity index (χ4n) is 3.40. The fraction of sp³-hybridized carbons (Fsp3) is 0.550. The van der Waals surface area contributed by atoms with Gasteiger partial charge in [-0.05, 0) is 62.8 Å². The molecule has 0 atom stereocenters. The molecule has 1 aromatic carbocycles. The average molecular weight is 355 g/mol. The first-order valence-electron chi connectivity index (χ1n) is 9.61. The molecule has 0 bridgehead atoms. The van der Waals surface area contributed by atoms with E-state index < -0.39 is 0 Å². The van der Waals surface area contributed by atoms with Crippen molar-refractivity contribution in [3.8, 4) is 0 Å². The van der Waals surface area contributed by atoms with E-state index in [0.29, 0.717) is 11.5 Å². The summed E-state index contributed by atoms with van der Waals surface area (Å²) >= 11 is 0. The second kappa shape index (κ2) is 7.09. The first-order valence-corrected chi connectivity index (χ1v) is 9.61. The van der Waals surface area contributed by atoms with Crippen molar-refractivity contribution in [1.82, 2.24) is 10.2 Å². The molecule has 0 aromatic heterocycles. The van der Waals surface area contributed by atoms with Crippen molar-refractivity contribution < 1.29 is 14.4 Å². The molecule has 6 nitrogen and oxygen atoms in total. The van der Waals surface area contributed by atoms with Gasteiger partial charge in [0.05, 0.1) is 0 Å². The van der Waals surface area contributed by atoms with Crippen molar-refractivity contribution in [2.45, 2.75) is 44.6 Å². The van der Waals surface area contributed by atoms with Gasteiger partial charge in [-0.2, -0.15) is 0 Å². The van der Waals surface area contributed by atoms with Crippen molar-refractivity contribution >= 4 is 23.4 Å². The van der Waals surface area contributed by atoms with Crippen LogP contribution in [0, 0.1) is 11.8 Å². The number of rotatable bonds is 5. The van der Waals surface area contributed by atoms with Gasteiger partial charge in [0.15, 0.2) is 0 Å². The molecule has 2 N–H and O–H groups in total. The first-order chi connectivity index (χ1) is 12.6. The third-order valence-electron chi connectivity index (χ3n) is 5.43. The van der Waals surface area contributed by atoms with Gasteiger partial charge in [0, 0.05) is 42.2 Å². The number of carbonyl (C=O) groups is 3. The Morgan fingerprint density at radius 2 is 1.46 bits per heavy atom. The first kappa shape index (κ1) is 17.1. The smallest absolute Gasteiger partial charge is 0.251 e. The number of nitrogens with one attached hydrogen (secondary N) is 2. The van der Waals surface area contributed by atoms with E-state index in [2.05, 4.69) is 10.6 Å². The maximum atomic E-state index is 12.4. The van der Waals surface area contributed by atoms with Crippen LogP contribution in [-0.2, 0) is 9.59 Å². The molecule has 2 aliphatic carbocycles. The number of likely N-dealkylation sites (tertiary alicyclic amines) is 1. The molecule has 138 valence electrons. The number of hydrogen-bond acceptors (Lipinski definition) is 3. The highest BCUT2D eigenvalue weighted by Crippen LogP contribution is 2.32. The molecule has 1 aromatic rings. The Hall–Kier alpha value is -2.37. The fourth-order valence-corrected chi connectivity index (χ4v) is 3.40. The van der Waals surface area contributed by atoms with E-state index in [1.54, 1.807) is 24.3 Å². The van der Waals surface area contributed by atoms with Crippen LogP contribution in [0.25, 0.3) is 0 Å². The van der Waals surface area contributed by atoms with Crippen molar-refractivity contribution in [2.75, 3.05) is 18.4 Å². The van der Waals surface area contributed by atoms with Crippen LogP contribution in [0.1, 0.15) is 48.9 Å². The van der Waals surface area contributed by atoms with Crippen LogP contribution < -0.4 is 10.6 Å². The van der Waals surface area contributed by atoms with Gasteiger partial charge < -0.3 is 15.5 Å². The Morgan fingerprint density at radius 3 is 2.04 bits per heavy atom. The zero-order valence-corrected chi connectivity index (χ0v) is 14.9. The number of nitrogens with zero attached hydrogens (tertiary/aromatic N) is 1. The van der Waals surface area contributed by atoms with Crippen LogP contribution in [0.4, 0.5) is 5.69 Å². The minimum atomic E-state index is -0.1000. The van der Waals surface area contributed by atoms with Gasteiger partial charge in [-0.15, -0.1) is 0 Å². The van der Waals surface area contributed by atoms with Crippen LogP contribution in [0.3, 0.4) is 0 Å². The standard InChI is InChI=1S/C20H25N3O3/c24-18(13-1-2-13)21-16-7-5-14(6-8-16)19(25)22-17-9-11-23(12-10-17)20(26)15-3-4-15/h5-8,13,15,17H,1-4,9-12H2,(H,21,24)(H,22,25). The topological polar surface area (TPSA) is 78.5 Å². The Balaban J connectivity index is 1.25. The molecule has 0 unspecified atom stereocenters. The molecular weight excluding hydrogens is 330 g/mol. The van der Waals surface area contributed by atoms with Gasteiger partial charge in [-0.1, -0.05) is 0 Å². The van der Waals surface area contributed by atoms with E-state index >= 15 is 0 Å². The SMILES string of the molecule is O=C(NC1CCN(C(=O)C2CC2)CC1)c1ccc(NC(=O)C2CC2)cc1. The highest BCUT2D eigenvalue weighted by Gasteiger charge is 2.35. The monoisotopic (exact) mass is 355 g/mol. The van der Waals surface area contributed by atoms with Crippen LogP contribution in [0.15, 0.2) is 24.3 Å². The maximum Gasteiger partial charge on any atom is 0.251 e. The third-order valence-corrected chi connectivity index (χ3v) is 5.43. The number of benzene rings is 1. The van der Waals surface area contributed by atoms with Gasteiger partial charge in [0.25, 0.3) is 5.91 Å². The largest absolute Gasteiger partial charge is 0.349 e. The lowest BCUT2D eigenvalue weighted by molar-refractivity contribution is -0.133. The molecular formula is C20H25N3O3.